The highest BCUT2D eigenvalue weighted by Gasteiger charge is 2.29. The maximum atomic E-state index is 13.8. The molecule has 0 N–H and O–H groups in total. The number of phosphoric acid groups is 1. The molecule has 0 saturated carbocycles. The van der Waals surface area contributed by atoms with Gasteiger partial charge in [0, 0.05) is 10.6 Å². The van der Waals surface area contributed by atoms with Crippen LogP contribution in [0.3, 0.4) is 0 Å². The van der Waals surface area contributed by atoms with Gasteiger partial charge in [0.25, 0.3) is 0 Å². The minimum atomic E-state index is -3.84. The van der Waals surface area contributed by atoms with Gasteiger partial charge in [-0.3, -0.25) is 9.05 Å². The standard InChI is InChI=1S/C12H14Cl2FO4P/c1-3-17-20(16,18-4-2)19-12(8-13)10-6-5-9(14)7-11(10)15/h5-8H,3-4H2,1-2H3. The third-order valence-electron chi connectivity index (χ3n) is 2.08. The molecule has 0 aliphatic rings. The molecule has 112 valence electrons. The zero-order chi connectivity index (χ0) is 15.2. The smallest absolute Gasteiger partial charge is 0.402 e. The minimum absolute atomic E-state index is 0.00373. The van der Waals surface area contributed by atoms with Gasteiger partial charge in [0.15, 0.2) is 5.76 Å². The van der Waals surface area contributed by atoms with Gasteiger partial charge in [-0.2, -0.15) is 0 Å². The quantitative estimate of drug-likeness (QED) is 0.503. The van der Waals surface area contributed by atoms with Gasteiger partial charge in [0.2, 0.25) is 0 Å². The van der Waals surface area contributed by atoms with Crippen LogP contribution in [0, 0.1) is 5.82 Å². The van der Waals surface area contributed by atoms with Gasteiger partial charge in [-0.25, -0.2) is 8.96 Å². The number of rotatable bonds is 7. The lowest BCUT2D eigenvalue weighted by molar-refractivity contribution is 0.159. The molecule has 0 radical (unpaired) electrons. The van der Waals surface area contributed by atoms with Crippen LogP contribution in [0.15, 0.2) is 23.7 Å². The molecule has 8 heteroatoms. The minimum Gasteiger partial charge on any atom is -0.402 e. The topological polar surface area (TPSA) is 44.8 Å². The molecule has 0 amide bonds. The Kier molecular flexibility index (Phi) is 7.00. The van der Waals surface area contributed by atoms with E-state index in [1.54, 1.807) is 13.8 Å². The molecule has 0 fully saturated rings. The number of halogens is 3. The van der Waals surface area contributed by atoms with Crippen molar-refractivity contribution in [2.75, 3.05) is 13.2 Å². The summed E-state index contributed by atoms with van der Waals surface area (Å²) in [5.74, 6) is -0.824. The molecule has 0 atom stereocenters. The van der Waals surface area contributed by atoms with Gasteiger partial charge in [0.1, 0.15) is 5.82 Å². The van der Waals surface area contributed by atoms with Crippen LogP contribution >= 0.6 is 31.0 Å². The first-order valence-electron chi connectivity index (χ1n) is 5.80. The first-order valence-corrected chi connectivity index (χ1v) is 8.07. The summed E-state index contributed by atoms with van der Waals surface area (Å²) in [5, 5.41) is 0.220. The van der Waals surface area contributed by atoms with Crippen molar-refractivity contribution in [3.63, 3.8) is 0 Å². The summed E-state index contributed by atoms with van der Waals surface area (Å²) < 4.78 is 41.1. The molecule has 1 aromatic carbocycles. The summed E-state index contributed by atoms with van der Waals surface area (Å²) in [6, 6.07) is 3.90. The van der Waals surface area contributed by atoms with Gasteiger partial charge in [-0.15, -0.1) is 0 Å². The Balaban J connectivity index is 3.05. The predicted octanol–water partition coefficient (Wildman–Crippen LogP) is 5.21. The summed E-state index contributed by atoms with van der Waals surface area (Å²) in [7, 11) is -3.84. The van der Waals surface area contributed by atoms with Crippen LogP contribution < -0.4 is 0 Å². The molecule has 0 bridgehead atoms. The lowest BCUT2D eigenvalue weighted by Crippen LogP contribution is -2.01. The van der Waals surface area contributed by atoms with Crippen molar-refractivity contribution >= 4 is 36.8 Å². The molecule has 0 unspecified atom stereocenters. The van der Waals surface area contributed by atoms with E-state index in [1.165, 1.54) is 12.1 Å². The normalized spacial score (nSPS) is 12.6. The maximum absolute atomic E-state index is 13.8. The molecular weight excluding hydrogens is 329 g/mol. The maximum Gasteiger partial charge on any atom is 0.530 e. The largest absolute Gasteiger partial charge is 0.530 e. The SMILES string of the molecule is CCOP(=O)(OCC)OC(=CCl)c1ccc(Cl)cc1F. The van der Waals surface area contributed by atoms with Crippen molar-refractivity contribution in [2.24, 2.45) is 0 Å². The summed E-state index contributed by atoms with van der Waals surface area (Å²) in [4.78, 5) is 0. The summed E-state index contributed by atoms with van der Waals surface area (Å²) >= 11 is 11.3. The van der Waals surface area contributed by atoms with E-state index < -0.39 is 13.6 Å². The van der Waals surface area contributed by atoms with Gasteiger partial charge in [0.05, 0.1) is 18.8 Å². The lowest BCUT2D eigenvalue weighted by atomic mass is 10.2. The molecule has 0 aliphatic heterocycles. The number of phosphoric ester groups is 1. The highest BCUT2D eigenvalue weighted by molar-refractivity contribution is 7.48. The average Bonchev–Trinajstić information content (AvgIpc) is 2.37. The monoisotopic (exact) mass is 342 g/mol. The van der Waals surface area contributed by atoms with Crippen LogP contribution in [0.4, 0.5) is 4.39 Å². The zero-order valence-electron chi connectivity index (χ0n) is 10.9. The van der Waals surface area contributed by atoms with E-state index in [1.807, 2.05) is 0 Å². The fourth-order valence-electron chi connectivity index (χ4n) is 1.34. The van der Waals surface area contributed by atoms with E-state index in [-0.39, 0.29) is 29.6 Å². The number of hydrogen-bond acceptors (Lipinski definition) is 4. The molecule has 4 nitrogen and oxygen atoms in total. The van der Waals surface area contributed by atoms with Crippen molar-refractivity contribution < 1.29 is 22.5 Å². The second-order valence-electron chi connectivity index (χ2n) is 3.47. The Morgan fingerprint density at radius 3 is 2.40 bits per heavy atom. The zero-order valence-corrected chi connectivity index (χ0v) is 13.3. The van der Waals surface area contributed by atoms with Crippen molar-refractivity contribution in [1.82, 2.24) is 0 Å². The molecule has 0 saturated heterocycles. The Hall–Kier alpha value is -0.580. The third kappa shape index (κ3) is 4.76. The van der Waals surface area contributed by atoms with Crippen LogP contribution in [-0.2, 0) is 18.1 Å². The molecule has 0 spiro atoms. The molecule has 0 aliphatic carbocycles. The van der Waals surface area contributed by atoms with Crippen molar-refractivity contribution in [3.05, 3.63) is 40.1 Å². The molecule has 1 aromatic rings. The Morgan fingerprint density at radius 1 is 1.35 bits per heavy atom. The van der Waals surface area contributed by atoms with Crippen molar-refractivity contribution in [3.8, 4) is 0 Å². The number of hydrogen-bond donors (Lipinski definition) is 0. The van der Waals surface area contributed by atoms with E-state index in [2.05, 4.69) is 0 Å². The third-order valence-corrected chi connectivity index (χ3v) is 4.08. The molecule has 20 heavy (non-hydrogen) atoms. The van der Waals surface area contributed by atoms with Gasteiger partial charge in [-0.05, 0) is 32.0 Å². The molecule has 0 heterocycles. The average molecular weight is 343 g/mol. The van der Waals surface area contributed by atoms with Crippen LogP contribution in [0.5, 0.6) is 0 Å². The van der Waals surface area contributed by atoms with Gasteiger partial charge in [-0.1, -0.05) is 23.2 Å². The van der Waals surface area contributed by atoms with Crippen molar-refractivity contribution in [1.29, 1.82) is 0 Å². The summed E-state index contributed by atoms with van der Waals surface area (Å²) in [6.07, 6.45) is 0. The fraction of sp³-hybridized carbons (Fsp3) is 0.333. The summed E-state index contributed by atoms with van der Waals surface area (Å²) in [6.45, 7) is 3.47. The highest BCUT2D eigenvalue weighted by Crippen LogP contribution is 2.53. The van der Waals surface area contributed by atoms with Crippen molar-refractivity contribution in [2.45, 2.75) is 13.8 Å². The van der Waals surface area contributed by atoms with E-state index in [0.29, 0.717) is 0 Å². The van der Waals surface area contributed by atoms with E-state index in [4.69, 9.17) is 36.8 Å². The second kappa shape index (κ2) is 8.01. The molecular formula is C12H14Cl2FO4P. The first kappa shape index (κ1) is 17.5. The molecule has 0 aromatic heterocycles. The van der Waals surface area contributed by atoms with Gasteiger partial charge >= 0.3 is 7.82 Å². The Labute approximate surface area is 127 Å². The lowest BCUT2D eigenvalue weighted by Gasteiger charge is -2.19. The van der Waals surface area contributed by atoms with E-state index in [0.717, 1.165) is 11.6 Å². The molecule has 1 rings (SSSR count). The van der Waals surface area contributed by atoms with Crippen LogP contribution in [0.1, 0.15) is 19.4 Å². The van der Waals surface area contributed by atoms with Crippen LogP contribution in [0.25, 0.3) is 5.76 Å². The first-order chi connectivity index (χ1) is 9.45. The van der Waals surface area contributed by atoms with Gasteiger partial charge < -0.3 is 4.52 Å². The van der Waals surface area contributed by atoms with E-state index in [9.17, 15) is 8.96 Å². The Bertz CT molecular complexity index is 526. The van der Waals surface area contributed by atoms with E-state index >= 15 is 0 Å². The predicted molar refractivity (Wildman–Crippen MR) is 77.2 cm³/mol. The second-order valence-corrected chi connectivity index (χ2v) is 5.72. The fourth-order valence-corrected chi connectivity index (χ4v) is 2.93. The van der Waals surface area contributed by atoms with Crippen LogP contribution in [0.2, 0.25) is 5.02 Å². The highest BCUT2D eigenvalue weighted by atomic mass is 35.5. The Morgan fingerprint density at radius 2 is 1.95 bits per heavy atom. The summed E-state index contributed by atoms with van der Waals surface area (Å²) in [5.41, 5.74) is 0.959. The number of benzene rings is 1. The van der Waals surface area contributed by atoms with Crippen LogP contribution in [-0.4, -0.2) is 13.2 Å².